The molecule has 0 aromatic carbocycles. The van der Waals surface area contributed by atoms with Crippen LogP contribution in [-0.4, -0.2) is 20.3 Å². The Bertz CT molecular complexity index is 227. The Kier molecular flexibility index (Phi) is 2.65. The minimum atomic E-state index is -2.47. The summed E-state index contributed by atoms with van der Waals surface area (Å²) in [7, 11) is -2.47. The zero-order valence-corrected chi connectivity index (χ0v) is 6.89. The van der Waals surface area contributed by atoms with Crippen molar-refractivity contribution in [1.82, 2.24) is 0 Å². The van der Waals surface area contributed by atoms with Gasteiger partial charge in [0.1, 0.15) is 16.9 Å². The van der Waals surface area contributed by atoms with E-state index in [1.807, 2.05) is 0 Å². The number of allylic oxidation sites excluding steroid dienone is 1. The monoisotopic (exact) mass is 177 g/mol. The van der Waals surface area contributed by atoms with Crippen LogP contribution in [0.25, 0.3) is 0 Å². The molecule has 0 spiro atoms. The summed E-state index contributed by atoms with van der Waals surface area (Å²) in [6.45, 7) is 3.49. The second-order valence-corrected chi connectivity index (χ2v) is 3.71. The first-order valence-electron chi connectivity index (χ1n) is 3.38. The van der Waals surface area contributed by atoms with E-state index in [4.69, 9.17) is 0 Å². The molecule has 0 aliphatic heterocycles. The predicted octanol–water partition coefficient (Wildman–Crippen LogP) is 0.716. The number of hydrogen-bond donors (Lipinski definition) is 1. The van der Waals surface area contributed by atoms with Gasteiger partial charge in [-0.1, -0.05) is 6.58 Å². The van der Waals surface area contributed by atoms with E-state index in [0.29, 0.717) is 12.0 Å². The Morgan fingerprint density at radius 3 is 2.73 bits per heavy atom. The van der Waals surface area contributed by atoms with Crippen molar-refractivity contribution >= 4 is 10.7 Å². The second-order valence-electron chi connectivity index (χ2n) is 2.68. The molecular weight excluding hydrogens is 167 g/mol. The third-order valence-electron chi connectivity index (χ3n) is 1.81. The van der Waals surface area contributed by atoms with E-state index in [1.165, 1.54) is 0 Å². The molecule has 2 atom stereocenters. The van der Waals surface area contributed by atoms with Crippen molar-refractivity contribution in [2.75, 3.05) is 5.75 Å². The van der Waals surface area contributed by atoms with E-state index >= 15 is 0 Å². The number of alkyl halides is 1. The van der Waals surface area contributed by atoms with E-state index < -0.39 is 22.8 Å². The van der Waals surface area contributed by atoms with Gasteiger partial charge in [-0.25, -0.2) is 12.8 Å². The first-order valence-corrected chi connectivity index (χ1v) is 4.74. The van der Waals surface area contributed by atoms with E-state index in [9.17, 15) is 12.8 Å². The first kappa shape index (κ1) is 8.71. The number of thiol groups is 1. The second kappa shape index (κ2) is 3.34. The molecule has 1 saturated carbocycles. The van der Waals surface area contributed by atoms with Crippen LogP contribution in [0.2, 0.25) is 0 Å². The molecule has 4 heteroatoms. The number of hydrogen-bond acceptors (Lipinski definition) is 2. The molecular formula is C7H10FO2S. The third kappa shape index (κ3) is 2.02. The Morgan fingerprint density at radius 2 is 2.36 bits per heavy atom. The fraction of sp³-hybridized carbons (Fsp3) is 0.571. The van der Waals surface area contributed by atoms with Crippen molar-refractivity contribution in [1.29, 1.82) is 0 Å². The summed E-state index contributed by atoms with van der Waals surface area (Å²) in [5, 5.41) is 0. The van der Waals surface area contributed by atoms with Crippen LogP contribution in [0.3, 0.4) is 0 Å². The van der Waals surface area contributed by atoms with Crippen LogP contribution >= 0.6 is 0 Å². The van der Waals surface area contributed by atoms with Gasteiger partial charge >= 0.3 is 0 Å². The fourth-order valence-electron chi connectivity index (χ4n) is 1.18. The molecule has 11 heavy (non-hydrogen) atoms. The van der Waals surface area contributed by atoms with Gasteiger partial charge in [0.15, 0.2) is 0 Å². The van der Waals surface area contributed by atoms with Crippen molar-refractivity contribution in [3.05, 3.63) is 18.6 Å². The van der Waals surface area contributed by atoms with Crippen molar-refractivity contribution < 1.29 is 12.8 Å². The van der Waals surface area contributed by atoms with Gasteiger partial charge in [0.05, 0.1) is 5.75 Å². The van der Waals surface area contributed by atoms with Gasteiger partial charge in [0.2, 0.25) is 0 Å². The van der Waals surface area contributed by atoms with Crippen LogP contribution in [0.1, 0.15) is 6.42 Å². The summed E-state index contributed by atoms with van der Waals surface area (Å²) in [5.41, 5.74) is 0.492. The summed E-state index contributed by atoms with van der Waals surface area (Å²) < 4.78 is 33.4. The average molecular weight is 177 g/mol. The maximum Gasteiger partial charge on any atom is 0.140 e. The van der Waals surface area contributed by atoms with Gasteiger partial charge in [0.25, 0.3) is 0 Å². The van der Waals surface area contributed by atoms with Crippen molar-refractivity contribution in [3.8, 4) is 0 Å². The standard InChI is InChI=1S/C7H10FO2S/c1-5-2-3-6(7(5)8)4-11(9)10/h3,6-7,11H,1-2,4H2. The molecule has 2 nitrogen and oxygen atoms in total. The van der Waals surface area contributed by atoms with Gasteiger partial charge < -0.3 is 0 Å². The third-order valence-corrected chi connectivity index (χ3v) is 2.53. The lowest BCUT2D eigenvalue weighted by molar-refractivity contribution is 0.336. The Hall–Kier alpha value is -0.380. The smallest absolute Gasteiger partial charge is 0.140 e. The van der Waals surface area contributed by atoms with Gasteiger partial charge in [-0.3, -0.25) is 0 Å². The molecule has 1 aliphatic carbocycles. The zero-order valence-electron chi connectivity index (χ0n) is 6.00. The Morgan fingerprint density at radius 1 is 1.73 bits per heavy atom. The van der Waals surface area contributed by atoms with Crippen molar-refractivity contribution in [3.63, 3.8) is 0 Å². The summed E-state index contributed by atoms with van der Waals surface area (Å²) >= 11 is 0. The average Bonchev–Trinajstić information content (AvgIpc) is 2.18. The summed E-state index contributed by atoms with van der Waals surface area (Å²) in [4.78, 5) is 0. The molecule has 0 aromatic heterocycles. The van der Waals surface area contributed by atoms with Crippen LogP contribution in [-0.2, 0) is 10.7 Å². The normalized spacial score (nSPS) is 31.6. The highest BCUT2D eigenvalue weighted by Crippen LogP contribution is 2.31. The minimum Gasteiger partial charge on any atom is -0.242 e. The summed E-state index contributed by atoms with van der Waals surface area (Å²) in [5.74, 6) is -0.543. The molecule has 0 amide bonds. The van der Waals surface area contributed by atoms with E-state index in [1.54, 1.807) is 6.42 Å². The van der Waals surface area contributed by atoms with E-state index in [2.05, 4.69) is 6.58 Å². The molecule has 1 fully saturated rings. The SMILES string of the molecule is C=C1C[CH]C(C[SH](=O)=O)C1F. The predicted molar refractivity (Wildman–Crippen MR) is 41.6 cm³/mol. The molecule has 1 radical (unpaired) electrons. The van der Waals surface area contributed by atoms with E-state index in [-0.39, 0.29) is 5.75 Å². The Labute approximate surface area is 67.1 Å². The minimum absolute atomic E-state index is 0.0878. The lowest BCUT2D eigenvalue weighted by Gasteiger charge is -2.07. The lowest BCUT2D eigenvalue weighted by Crippen LogP contribution is -2.14. The molecule has 1 rings (SSSR count). The van der Waals surface area contributed by atoms with Crippen LogP contribution in [0.5, 0.6) is 0 Å². The van der Waals surface area contributed by atoms with Crippen LogP contribution in [0.15, 0.2) is 12.2 Å². The first-order chi connectivity index (χ1) is 5.11. The van der Waals surface area contributed by atoms with Gasteiger partial charge in [-0.05, 0) is 18.4 Å². The van der Waals surface area contributed by atoms with Gasteiger partial charge in [-0.15, -0.1) is 0 Å². The highest BCUT2D eigenvalue weighted by Gasteiger charge is 2.30. The van der Waals surface area contributed by atoms with Gasteiger partial charge in [-0.2, -0.15) is 0 Å². The van der Waals surface area contributed by atoms with Gasteiger partial charge in [0, 0.05) is 5.92 Å². The summed E-state index contributed by atoms with van der Waals surface area (Å²) in [6.07, 6.45) is 1.04. The summed E-state index contributed by atoms with van der Waals surface area (Å²) in [6, 6.07) is 0. The Balaban J connectivity index is 2.55. The van der Waals surface area contributed by atoms with Crippen LogP contribution in [0.4, 0.5) is 4.39 Å². The van der Waals surface area contributed by atoms with Crippen molar-refractivity contribution in [2.45, 2.75) is 12.6 Å². The quantitative estimate of drug-likeness (QED) is 0.498. The van der Waals surface area contributed by atoms with Crippen LogP contribution in [0, 0.1) is 12.3 Å². The molecule has 0 bridgehead atoms. The molecule has 0 N–H and O–H groups in total. The zero-order chi connectivity index (χ0) is 8.43. The number of halogens is 1. The maximum atomic E-state index is 12.9. The molecule has 63 valence electrons. The van der Waals surface area contributed by atoms with Crippen LogP contribution < -0.4 is 0 Å². The highest BCUT2D eigenvalue weighted by molar-refractivity contribution is 7.72. The fourth-order valence-corrected chi connectivity index (χ4v) is 1.86. The largest absolute Gasteiger partial charge is 0.242 e. The van der Waals surface area contributed by atoms with Crippen molar-refractivity contribution in [2.24, 2.45) is 5.92 Å². The molecule has 0 aromatic rings. The molecule has 1 aliphatic rings. The topological polar surface area (TPSA) is 34.1 Å². The highest BCUT2D eigenvalue weighted by atomic mass is 32.2. The molecule has 2 unspecified atom stereocenters. The van der Waals surface area contributed by atoms with E-state index in [0.717, 1.165) is 0 Å². The molecule has 0 saturated heterocycles. The molecule has 0 heterocycles. The lowest BCUT2D eigenvalue weighted by atomic mass is 10.1. The number of rotatable bonds is 2. The maximum absolute atomic E-state index is 12.9.